The van der Waals surface area contributed by atoms with Crippen molar-refractivity contribution in [1.29, 1.82) is 0 Å². The summed E-state index contributed by atoms with van der Waals surface area (Å²) in [5, 5.41) is 3.05. The second-order valence-electron chi connectivity index (χ2n) is 22.9. The summed E-state index contributed by atoms with van der Waals surface area (Å²) in [6.45, 7) is 19.6. The van der Waals surface area contributed by atoms with Gasteiger partial charge in [0.25, 0.3) is 8.32 Å². The number of carbonyl (C=O) groups is 4. The van der Waals surface area contributed by atoms with E-state index < -0.39 is 126 Å². The van der Waals surface area contributed by atoms with Crippen molar-refractivity contribution >= 4 is 74.0 Å². The molecular weight excluding hydrogens is 1180 g/mol. The Labute approximate surface area is 507 Å². The van der Waals surface area contributed by atoms with E-state index in [-0.39, 0.29) is 46.0 Å². The molecule has 10 atom stereocenters. The number of carbonyl (C=O) groups excluding carboxylic acids is 4. The normalized spacial score (nSPS) is 23.0. The summed E-state index contributed by atoms with van der Waals surface area (Å²) in [6, 6.07) is 39.5. The number of hydrogen-bond donors (Lipinski definition) is 1. The Balaban J connectivity index is 1.47. The molecule has 0 unspecified atom stereocenters. The van der Waals surface area contributed by atoms with Gasteiger partial charge >= 0.3 is 30.0 Å². The number of benzene rings is 5. The van der Waals surface area contributed by atoms with Crippen LogP contribution in [0.3, 0.4) is 0 Å². The Morgan fingerprint density at radius 3 is 1.54 bits per heavy atom. The van der Waals surface area contributed by atoms with Gasteiger partial charge in [-0.25, -0.2) is 9.59 Å². The fourth-order valence-electron chi connectivity index (χ4n) is 11.7. The SMILES string of the molecule is CC(C)[Si](O[C@@H]1[C@@H](O[C@H]2[C@H](OC(=O)CCl)[C@@H](NC(=O)C(F)(F)F)[C@H](Oc3ccc(OCCCl)cc3)O[C@@H]2CO[Si](c2ccccc2)(c2ccccc2)C(C)(C)C)O[C@@H](C)[C@@H](OC(=O)c2ccccc2)[C@H]1OC(=O)c1ccccc1)(C(C)C)C(C)C. The van der Waals surface area contributed by atoms with Crippen LogP contribution in [0.4, 0.5) is 13.2 Å². The lowest BCUT2D eigenvalue weighted by Crippen LogP contribution is -2.72. The van der Waals surface area contributed by atoms with E-state index in [9.17, 15) is 32.3 Å². The third-order valence-corrected chi connectivity index (χ3v) is 26.9. The standard InChI is InChI=1S/C63H76Cl2F3NO14Si2/c1-39(2)84(40(3)4,41(5)6)83-56-55(81-58(72)44-25-17-12-18-26-44)52(80-57(71)43-23-15-11-16-24-43)42(7)76-60(56)82-53-49(38-75-85(62(8,9)10,47-27-19-13-20-28-47)48-29-21-14-22-30-48)78-59(77-46-33-31-45(32-34-46)74-36-35-64)51(54(53)79-50(70)37-65)69-61(73)63(66,67)68/h11-34,39-42,49,51-56,59-60H,35-38H2,1-10H3,(H,69,73)/t42-,49+,51+,52+,53+,54+,55+,56-,59+,60+/m0/s1. The molecule has 85 heavy (non-hydrogen) atoms. The minimum atomic E-state index is -5.49. The van der Waals surface area contributed by atoms with Gasteiger partial charge in [-0.05, 0) is 87.5 Å². The summed E-state index contributed by atoms with van der Waals surface area (Å²) in [6.07, 6.45) is -20.0. The number of rotatable bonds is 24. The van der Waals surface area contributed by atoms with Crippen molar-refractivity contribution < 1.29 is 79.1 Å². The lowest BCUT2D eigenvalue weighted by Gasteiger charge is -2.53. The highest BCUT2D eigenvalue weighted by atomic mass is 35.5. The third-order valence-electron chi connectivity index (χ3n) is 15.5. The van der Waals surface area contributed by atoms with E-state index in [0.29, 0.717) is 5.75 Å². The summed E-state index contributed by atoms with van der Waals surface area (Å²) in [4.78, 5) is 56.2. The van der Waals surface area contributed by atoms with Gasteiger partial charge in [0.15, 0.2) is 24.6 Å². The van der Waals surface area contributed by atoms with Gasteiger partial charge in [-0.1, -0.05) is 159 Å². The molecule has 2 fully saturated rings. The number of hydrogen-bond acceptors (Lipinski definition) is 14. The van der Waals surface area contributed by atoms with Crippen LogP contribution < -0.4 is 25.2 Å². The van der Waals surface area contributed by atoms with Gasteiger partial charge < -0.3 is 52.1 Å². The van der Waals surface area contributed by atoms with Crippen LogP contribution in [-0.4, -0.2) is 133 Å². The Morgan fingerprint density at radius 2 is 1.08 bits per heavy atom. The number of nitrogens with one attached hydrogen (secondary N) is 1. The molecule has 0 aliphatic carbocycles. The molecule has 2 aliphatic rings. The highest BCUT2D eigenvalue weighted by Crippen LogP contribution is 2.47. The van der Waals surface area contributed by atoms with Crippen LogP contribution in [0.15, 0.2) is 146 Å². The van der Waals surface area contributed by atoms with Crippen molar-refractivity contribution in [3.05, 3.63) is 157 Å². The van der Waals surface area contributed by atoms with Gasteiger partial charge in [0.1, 0.15) is 48.3 Å². The van der Waals surface area contributed by atoms with Crippen molar-refractivity contribution in [2.24, 2.45) is 0 Å². The number of amides is 1. The van der Waals surface area contributed by atoms with E-state index in [0.717, 1.165) is 10.4 Å². The predicted octanol–water partition coefficient (Wildman–Crippen LogP) is 11.3. The van der Waals surface area contributed by atoms with E-state index in [1.54, 1.807) is 67.6 Å². The Bertz CT molecular complexity index is 2890. The fraction of sp³-hybridized carbons (Fsp3) is 0.460. The molecule has 5 aromatic rings. The van der Waals surface area contributed by atoms with E-state index in [1.807, 2.05) is 128 Å². The van der Waals surface area contributed by atoms with Crippen molar-refractivity contribution in [3.8, 4) is 11.5 Å². The first kappa shape index (κ1) is 66.7. The fourth-order valence-corrected chi connectivity index (χ4v) is 22.0. The molecule has 0 saturated carbocycles. The minimum Gasteiger partial charge on any atom is -0.492 e. The van der Waals surface area contributed by atoms with E-state index in [2.05, 4.69) is 0 Å². The van der Waals surface area contributed by atoms with E-state index in [4.69, 9.17) is 69.9 Å². The summed E-state index contributed by atoms with van der Waals surface area (Å²) in [5.74, 6) is -5.35. The van der Waals surface area contributed by atoms with Crippen molar-refractivity contribution in [1.82, 2.24) is 5.32 Å². The summed E-state index contributed by atoms with van der Waals surface area (Å²) < 4.78 is 111. The second kappa shape index (κ2) is 29.3. The van der Waals surface area contributed by atoms with Crippen LogP contribution in [0.5, 0.6) is 11.5 Å². The summed E-state index contributed by atoms with van der Waals surface area (Å²) in [5.41, 5.74) is -0.112. The minimum absolute atomic E-state index is 0.0392. The zero-order valence-electron chi connectivity index (χ0n) is 49.3. The lowest BCUT2D eigenvalue weighted by atomic mass is 9.95. The average molecular weight is 1260 g/mol. The number of ether oxygens (including phenoxy) is 8. The number of alkyl halides is 5. The molecule has 7 rings (SSSR count). The molecule has 15 nitrogen and oxygen atoms in total. The molecule has 5 aromatic carbocycles. The first-order valence-electron chi connectivity index (χ1n) is 28.4. The zero-order chi connectivity index (χ0) is 61.9. The quantitative estimate of drug-likeness (QED) is 0.0268. The van der Waals surface area contributed by atoms with Gasteiger partial charge in [0.05, 0.1) is 29.7 Å². The van der Waals surface area contributed by atoms with Crippen molar-refractivity contribution in [3.63, 3.8) is 0 Å². The molecule has 2 heterocycles. The lowest BCUT2D eigenvalue weighted by molar-refractivity contribution is -0.336. The largest absolute Gasteiger partial charge is 0.492 e. The molecule has 0 aromatic heterocycles. The van der Waals surface area contributed by atoms with Gasteiger partial charge in [-0.3, -0.25) is 9.59 Å². The molecule has 22 heteroatoms. The van der Waals surface area contributed by atoms with Gasteiger partial charge in [-0.15, -0.1) is 23.2 Å². The molecule has 0 radical (unpaired) electrons. The second-order valence-corrected chi connectivity index (χ2v) is 33.3. The maximum atomic E-state index is 14.7. The Hall–Kier alpha value is -5.82. The van der Waals surface area contributed by atoms with Crippen LogP contribution in [0.2, 0.25) is 21.7 Å². The Kier molecular flexibility index (Phi) is 23.0. The van der Waals surface area contributed by atoms with E-state index in [1.165, 1.54) is 24.3 Å². The molecule has 1 N–H and O–H groups in total. The van der Waals surface area contributed by atoms with Gasteiger partial charge in [-0.2, -0.15) is 13.2 Å². The average Bonchev–Trinajstić information content (AvgIpc) is 0.901. The summed E-state index contributed by atoms with van der Waals surface area (Å²) >= 11 is 12.1. The molecule has 2 aliphatic heterocycles. The topological polar surface area (TPSA) is 173 Å². The molecule has 0 spiro atoms. The van der Waals surface area contributed by atoms with Crippen LogP contribution in [0.25, 0.3) is 0 Å². The van der Waals surface area contributed by atoms with Crippen LogP contribution in [0, 0.1) is 0 Å². The summed E-state index contributed by atoms with van der Waals surface area (Å²) in [7, 11) is -6.81. The van der Waals surface area contributed by atoms with Crippen LogP contribution >= 0.6 is 23.2 Å². The number of halogens is 5. The molecule has 1 amide bonds. The number of esters is 3. The maximum Gasteiger partial charge on any atom is 0.471 e. The van der Waals surface area contributed by atoms with Gasteiger partial charge in [0.2, 0.25) is 14.6 Å². The predicted molar refractivity (Wildman–Crippen MR) is 321 cm³/mol. The monoisotopic (exact) mass is 1250 g/mol. The van der Waals surface area contributed by atoms with Crippen LogP contribution in [0.1, 0.15) is 90.0 Å². The highest BCUT2D eigenvalue weighted by molar-refractivity contribution is 6.99. The first-order valence-corrected chi connectivity index (χ1v) is 33.5. The first-order chi connectivity index (χ1) is 40.4. The van der Waals surface area contributed by atoms with Crippen molar-refractivity contribution in [2.45, 2.75) is 158 Å². The molecule has 0 bridgehead atoms. The smallest absolute Gasteiger partial charge is 0.471 e. The third kappa shape index (κ3) is 15.7. The van der Waals surface area contributed by atoms with Crippen LogP contribution in [-0.2, 0) is 46.9 Å². The van der Waals surface area contributed by atoms with Gasteiger partial charge in [0, 0.05) is 0 Å². The van der Waals surface area contributed by atoms with E-state index >= 15 is 0 Å². The van der Waals surface area contributed by atoms with Crippen molar-refractivity contribution in [2.75, 3.05) is 25.0 Å². The molecule has 2 saturated heterocycles. The highest BCUT2D eigenvalue weighted by Gasteiger charge is 2.60. The maximum absolute atomic E-state index is 14.7. The molecular formula is C63H76Cl2F3NO14Si2. The Morgan fingerprint density at radius 1 is 0.600 bits per heavy atom. The zero-order valence-corrected chi connectivity index (χ0v) is 52.8. The molecule has 460 valence electrons.